The molecule has 0 bridgehead atoms. The largest absolute Gasteiger partial charge is 0.324 e. The highest BCUT2D eigenvalue weighted by Gasteiger charge is 2.06. The quantitative estimate of drug-likeness (QED) is 0.863. The third kappa shape index (κ3) is 2.88. The van der Waals surface area contributed by atoms with Crippen LogP contribution >= 0.6 is 27.3 Å². The van der Waals surface area contributed by atoms with E-state index in [2.05, 4.69) is 34.3 Å². The first-order valence-electron chi connectivity index (χ1n) is 4.23. The van der Waals surface area contributed by atoms with Crippen LogP contribution in [0, 0.1) is 0 Å². The minimum atomic E-state index is 0.229. The summed E-state index contributed by atoms with van der Waals surface area (Å²) in [5, 5.41) is 2.13. The van der Waals surface area contributed by atoms with Crippen molar-refractivity contribution in [2.24, 2.45) is 5.73 Å². The normalized spacial score (nSPS) is 13.2. The lowest BCUT2D eigenvalue weighted by Gasteiger charge is -2.07. The van der Waals surface area contributed by atoms with Gasteiger partial charge < -0.3 is 5.73 Å². The standard InChI is InChI=1S/C9H14BrNS/c1-2-3-4-8(11)7-5-9(10)12-6-7/h5-6,8H,2-4,11H2,1H3. The molecule has 3 heteroatoms. The Morgan fingerprint density at radius 2 is 2.42 bits per heavy atom. The Morgan fingerprint density at radius 1 is 1.67 bits per heavy atom. The Balaban J connectivity index is 2.47. The van der Waals surface area contributed by atoms with Crippen molar-refractivity contribution >= 4 is 27.3 Å². The van der Waals surface area contributed by atoms with Crippen molar-refractivity contribution in [3.05, 3.63) is 20.8 Å². The number of nitrogens with two attached hydrogens (primary N) is 1. The molecule has 68 valence electrons. The zero-order chi connectivity index (χ0) is 8.97. The van der Waals surface area contributed by atoms with E-state index >= 15 is 0 Å². The maximum atomic E-state index is 5.98. The van der Waals surface area contributed by atoms with Crippen LogP contribution in [0.2, 0.25) is 0 Å². The Bertz CT molecular complexity index is 234. The van der Waals surface area contributed by atoms with Gasteiger partial charge in [0.2, 0.25) is 0 Å². The second kappa shape index (κ2) is 5.00. The van der Waals surface area contributed by atoms with E-state index in [0.717, 1.165) is 6.42 Å². The van der Waals surface area contributed by atoms with Gasteiger partial charge >= 0.3 is 0 Å². The van der Waals surface area contributed by atoms with Gasteiger partial charge in [-0.25, -0.2) is 0 Å². The highest BCUT2D eigenvalue weighted by atomic mass is 79.9. The van der Waals surface area contributed by atoms with Crippen LogP contribution in [-0.4, -0.2) is 0 Å². The molecule has 1 nitrogen and oxygen atoms in total. The third-order valence-electron chi connectivity index (χ3n) is 1.88. The van der Waals surface area contributed by atoms with E-state index in [4.69, 9.17) is 5.73 Å². The Morgan fingerprint density at radius 3 is 2.92 bits per heavy atom. The third-order valence-corrected chi connectivity index (χ3v) is 3.41. The molecule has 0 saturated heterocycles. The molecule has 0 aromatic carbocycles. The summed E-state index contributed by atoms with van der Waals surface area (Å²) >= 11 is 5.13. The number of halogens is 1. The lowest BCUT2D eigenvalue weighted by Crippen LogP contribution is -2.08. The fourth-order valence-electron chi connectivity index (χ4n) is 1.11. The van der Waals surface area contributed by atoms with Gasteiger partial charge in [-0.2, -0.15) is 0 Å². The van der Waals surface area contributed by atoms with Gasteiger partial charge in [-0.3, -0.25) is 0 Å². The summed E-state index contributed by atoms with van der Waals surface area (Å²) in [6, 6.07) is 2.35. The molecule has 0 spiro atoms. The van der Waals surface area contributed by atoms with Crippen molar-refractivity contribution in [2.75, 3.05) is 0 Å². The molecule has 0 aliphatic heterocycles. The molecule has 1 heterocycles. The SMILES string of the molecule is CCCCC(N)c1csc(Br)c1. The van der Waals surface area contributed by atoms with Crippen LogP contribution in [0.5, 0.6) is 0 Å². The zero-order valence-electron chi connectivity index (χ0n) is 7.22. The van der Waals surface area contributed by atoms with E-state index in [-0.39, 0.29) is 6.04 Å². The highest BCUT2D eigenvalue weighted by Crippen LogP contribution is 2.26. The molecule has 0 amide bonds. The second-order valence-corrected chi connectivity index (χ2v) is 5.22. The second-order valence-electron chi connectivity index (χ2n) is 2.93. The van der Waals surface area contributed by atoms with Crippen LogP contribution in [0.15, 0.2) is 15.2 Å². The molecule has 1 unspecified atom stereocenters. The summed E-state index contributed by atoms with van der Waals surface area (Å²) in [7, 11) is 0. The summed E-state index contributed by atoms with van der Waals surface area (Å²) in [4.78, 5) is 0. The molecule has 1 aromatic heterocycles. The summed E-state index contributed by atoms with van der Waals surface area (Å²) in [5.41, 5.74) is 7.24. The average Bonchev–Trinajstić information content (AvgIpc) is 2.47. The van der Waals surface area contributed by atoms with Gasteiger partial charge in [-0.15, -0.1) is 11.3 Å². The van der Waals surface area contributed by atoms with E-state index in [9.17, 15) is 0 Å². The van der Waals surface area contributed by atoms with Crippen LogP contribution < -0.4 is 5.73 Å². The van der Waals surface area contributed by atoms with Crippen molar-refractivity contribution in [1.82, 2.24) is 0 Å². The lowest BCUT2D eigenvalue weighted by molar-refractivity contribution is 0.605. The number of thiophene rings is 1. The number of rotatable bonds is 4. The molecule has 0 aliphatic rings. The summed E-state index contributed by atoms with van der Waals surface area (Å²) in [6.07, 6.45) is 3.54. The number of unbranched alkanes of at least 4 members (excludes halogenated alkanes) is 1. The maximum Gasteiger partial charge on any atom is 0.0701 e. The van der Waals surface area contributed by atoms with E-state index in [1.165, 1.54) is 22.2 Å². The van der Waals surface area contributed by atoms with Crippen LogP contribution in [0.1, 0.15) is 37.8 Å². The fraction of sp³-hybridized carbons (Fsp3) is 0.556. The topological polar surface area (TPSA) is 26.0 Å². The Kier molecular flexibility index (Phi) is 4.26. The van der Waals surface area contributed by atoms with Crippen molar-refractivity contribution in [1.29, 1.82) is 0 Å². The molecular formula is C9H14BrNS. The van der Waals surface area contributed by atoms with Gasteiger partial charge in [0.1, 0.15) is 0 Å². The minimum absolute atomic E-state index is 0.229. The Labute approximate surface area is 86.1 Å². The first kappa shape index (κ1) is 10.2. The van der Waals surface area contributed by atoms with Gasteiger partial charge in [0.05, 0.1) is 3.79 Å². The van der Waals surface area contributed by atoms with E-state index in [1.54, 1.807) is 11.3 Å². The van der Waals surface area contributed by atoms with Crippen molar-refractivity contribution < 1.29 is 0 Å². The summed E-state index contributed by atoms with van der Waals surface area (Å²) in [5.74, 6) is 0. The van der Waals surface area contributed by atoms with Crippen LogP contribution in [0.4, 0.5) is 0 Å². The molecule has 0 saturated carbocycles. The molecule has 1 aromatic rings. The van der Waals surface area contributed by atoms with E-state index in [1.807, 2.05) is 0 Å². The first-order chi connectivity index (χ1) is 5.74. The average molecular weight is 248 g/mol. The molecule has 1 atom stereocenters. The number of hydrogen-bond donors (Lipinski definition) is 1. The van der Waals surface area contributed by atoms with Crippen molar-refractivity contribution in [2.45, 2.75) is 32.2 Å². The molecule has 0 aliphatic carbocycles. The molecule has 12 heavy (non-hydrogen) atoms. The van der Waals surface area contributed by atoms with Gasteiger partial charge in [-0.1, -0.05) is 19.8 Å². The van der Waals surface area contributed by atoms with Gasteiger partial charge in [0.15, 0.2) is 0 Å². The first-order valence-corrected chi connectivity index (χ1v) is 5.90. The number of hydrogen-bond acceptors (Lipinski definition) is 2. The molecular weight excluding hydrogens is 234 g/mol. The van der Waals surface area contributed by atoms with Gasteiger partial charge in [0, 0.05) is 6.04 Å². The van der Waals surface area contributed by atoms with Crippen molar-refractivity contribution in [3.63, 3.8) is 0 Å². The fourth-order valence-corrected chi connectivity index (χ4v) is 2.35. The minimum Gasteiger partial charge on any atom is -0.324 e. The van der Waals surface area contributed by atoms with E-state index < -0.39 is 0 Å². The molecule has 2 N–H and O–H groups in total. The predicted octanol–water partition coefficient (Wildman–Crippen LogP) is 3.70. The molecule has 1 rings (SSSR count). The summed E-state index contributed by atoms with van der Waals surface area (Å²) in [6.45, 7) is 2.19. The molecule has 0 radical (unpaired) electrons. The highest BCUT2D eigenvalue weighted by molar-refractivity contribution is 9.11. The predicted molar refractivity (Wildman–Crippen MR) is 58.5 cm³/mol. The monoisotopic (exact) mass is 247 g/mol. The van der Waals surface area contributed by atoms with Crippen molar-refractivity contribution in [3.8, 4) is 0 Å². The van der Waals surface area contributed by atoms with E-state index in [0.29, 0.717) is 0 Å². The molecule has 0 fully saturated rings. The summed E-state index contributed by atoms with van der Waals surface area (Å²) < 4.78 is 1.17. The Hall–Kier alpha value is 0.140. The van der Waals surface area contributed by atoms with Gasteiger partial charge in [-0.05, 0) is 39.4 Å². The zero-order valence-corrected chi connectivity index (χ0v) is 9.62. The maximum absolute atomic E-state index is 5.98. The van der Waals surface area contributed by atoms with Crippen LogP contribution in [0.25, 0.3) is 0 Å². The van der Waals surface area contributed by atoms with Crippen LogP contribution in [0.3, 0.4) is 0 Å². The smallest absolute Gasteiger partial charge is 0.0701 e. The van der Waals surface area contributed by atoms with Gasteiger partial charge in [0.25, 0.3) is 0 Å². The lowest BCUT2D eigenvalue weighted by atomic mass is 10.1. The van der Waals surface area contributed by atoms with Crippen LogP contribution in [-0.2, 0) is 0 Å².